The van der Waals surface area contributed by atoms with Crippen LogP contribution in [0.15, 0.2) is 50.5 Å². The van der Waals surface area contributed by atoms with Crippen LogP contribution in [0.5, 0.6) is 0 Å². The number of hydrogen-bond donors (Lipinski definition) is 2. The number of nitrogens with one attached hydrogen (secondary N) is 1. The molecule has 0 unspecified atom stereocenters. The normalized spacial score (nSPS) is 10.3. The minimum absolute atomic E-state index is 0.0831. The quantitative estimate of drug-likeness (QED) is 0.408. The van der Waals surface area contributed by atoms with E-state index in [0.717, 1.165) is 22.3 Å². The van der Waals surface area contributed by atoms with Crippen LogP contribution in [0.2, 0.25) is 0 Å². The predicted octanol–water partition coefficient (Wildman–Crippen LogP) is 4.38. The van der Waals surface area contributed by atoms with Gasteiger partial charge in [0.05, 0.1) is 12.1 Å². The Morgan fingerprint density at radius 2 is 2.00 bits per heavy atom. The molecule has 1 amide bonds. The molecule has 0 spiro atoms. The highest BCUT2D eigenvalue weighted by atomic mass is 32.1. The number of nitrogens with zero attached hydrogens (tertiary/aromatic N) is 1. The summed E-state index contributed by atoms with van der Waals surface area (Å²) in [5.41, 5.74) is 8.22. The van der Waals surface area contributed by atoms with Crippen LogP contribution in [0, 0.1) is 19.8 Å². The van der Waals surface area contributed by atoms with Crippen LogP contribution in [0.1, 0.15) is 25.2 Å². The van der Waals surface area contributed by atoms with E-state index in [1.807, 2.05) is 55.8 Å². The number of carbonyl (C=O) groups excluding carboxylic acids is 1. The number of rotatable bonds is 3. The Bertz CT molecular complexity index is 877. The molecule has 6 heteroatoms. The molecule has 0 radical (unpaired) electrons. The first-order chi connectivity index (χ1) is 12.6. The smallest absolute Gasteiger partial charge is 0.231 e. The number of aliphatic imine (C=N–C) groups is 1. The van der Waals surface area contributed by atoms with Crippen molar-refractivity contribution in [2.24, 2.45) is 10.7 Å². The third-order valence-electron chi connectivity index (χ3n) is 3.08. The van der Waals surface area contributed by atoms with Crippen molar-refractivity contribution >= 4 is 39.9 Å². The number of thiophene rings is 1. The number of terminal acetylenes is 1. The Balaban J connectivity index is 0.000000791. The summed E-state index contributed by atoms with van der Waals surface area (Å²) in [6, 6.07) is 9.33. The molecule has 0 saturated heterocycles. The lowest BCUT2D eigenvalue weighted by Gasteiger charge is -2.03. The van der Waals surface area contributed by atoms with E-state index in [1.54, 1.807) is 17.4 Å². The van der Waals surface area contributed by atoms with E-state index in [9.17, 15) is 4.79 Å². The zero-order valence-corrected chi connectivity index (χ0v) is 16.0. The van der Waals surface area contributed by atoms with Crippen molar-refractivity contribution in [3.8, 4) is 12.8 Å². The number of hydrogen-bond acceptors (Lipinski definition) is 4. The van der Waals surface area contributed by atoms with Crippen molar-refractivity contribution in [1.82, 2.24) is 5.32 Å². The topological polar surface area (TPSA) is 80.6 Å². The van der Waals surface area contributed by atoms with E-state index in [0.29, 0.717) is 12.1 Å². The molecule has 2 heterocycles. The Morgan fingerprint density at radius 3 is 2.65 bits per heavy atom. The molecule has 3 aromatic rings. The first-order valence-corrected chi connectivity index (χ1v) is 9.03. The van der Waals surface area contributed by atoms with Crippen LogP contribution in [-0.4, -0.2) is 11.9 Å². The summed E-state index contributed by atoms with van der Waals surface area (Å²) >= 11 is 1.56. The molecule has 0 aliphatic heterocycles. The van der Waals surface area contributed by atoms with Gasteiger partial charge < -0.3 is 10.2 Å². The first kappa shape index (κ1) is 21.0. The average molecular weight is 369 g/mol. The SMILES string of the molecule is C#C.CC.Cc1cc2cc(N=C(N)NC(=O)Cc3ccsc3)ccc2o1. The van der Waals surface area contributed by atoms with Gasteiger partial charge in [0.1, 0.15) is 11.3 Å². The van der Waals surface area contributed by atoms with Gasteiger partial charge >= 0.3 is 0 Å². The van der Waals surface area contributed by atoms with Gasteiger partial charge in [-0.15, -0.1) is 12.8 Å². The largest absolute Gasteiger partial charge is 0.461 e. The second-order valence-electron chi connectivity index (χ2n) is 4.93. The number of furan rings is 1. The fourth-order valence-electron chi connectivity index (χ4n) is 2.17. The number of benzene rings is 1. The van der Waals surface area contributed by atoms with E-state index in [1.165, 1.54) is 0 Å². The number of amides is 1. The van der Waals surface area contributed by atoms with Crippen LogP contribution in [0.4, 0.5) is 5.69 Å². The maximum Gasteiger partial charge on any atom is 0.231 e. The Hall–Kier alpha value is -3.04. The molecule has 0 saturated carbocycles. The molecule has 3 N–H and O–H groups in total. The highest BCUT2D eigenvalue weighted by Crippen LogP contribution is 2.24. The van der Waals surface area contributed by atoms with Crippen molar-refractivity contribution in [2.75, 3.05) is 0 Å². The summed E-state index contributed by atoms with van der Waals surface area (Å²) < 4.78 is 5.50. The summed E-state index contributed by atoms with van der Waals surface area (Å²) in [6.07, 6.45) is 8.29. The molecular weight excluding hydrogens is 346 g/mol. The van der Waals surface area contributed by atoms with Crippen molar-refractivity contribution in [3.05, 3.63) is 52.4 Å². The average Bonchev–Trinajstić information content (AvgIpc) is 3.26. The molecule has 26 heavy (non-hydrogen) atoms. The molecule has 3 rings (SSSR count). The van der Waals surface area contributed by atoms with Crippen molar-refractivity contribution in [1.29, 1.82) is 0 Å². The monoisotopic (exact) mass is 369 g/mol. The second-order valence-corrected chi connectivity index (χ2v) is 5.71. The van der Waals surface area contributed by atoms with Crippen LogP contribution < -0.4 is 11.1 Å². The number of fused-ring (bicyclic) bond motifs is 1. The minimum atomic E-state index is -0.181. The van der Waals surface area contributed by atoms with Crippen LogP contribution in [0.3, 0.4) is 0 Å². The molecule has 0 aliphatic rings. The summed E-state index contributed by atoms with van der Waals surface area (Å²) in [4.78, 5) is 16.1. The summed E-state index contributed by atoms with van der Waals surface area (Å²) in [5, 5.41) is 7.41. The molecule has 2 aromatic heterocycles. The summed E-state index contributed by atoms with van der Waals surface area (Å²) in [6.45, 7) is 5.89. The maximum absolute atomic E-state index is 11.8. The van der Waals surface area contributed by atoms with E-state index in [-0.39, 0.29) is 11.9 Å². The third kappa shape index (κ3) is 6.11. The summed E-state index contributed by atoms with van der Waals surface area (Å²) in [5.74, 6) is 0.743. The van der Waals surface area contributed by atoms with E-state index >= 15 is 0 Å². The molecular formula is C20H23N3O2S. The molecule has 0 bridgehead atoms. The van der Waals surface area contributed by atoms with Crippen molar-refractivity contribution in [3.63, 3.8) is 0 Å². The molecule has 0 atom stereocenters. The standard InChI is InChI=1S/C16H15N3O2S.C2H6.C2H2/c1-10-6-12-8-13(2-3-14(12)21-10)18-16(17)19-15(20)7-11-4-5-22-9-11;2*1-2/h2-6,8-9H,7H2,1H3,(H3,17,18,19,20);1-2H3;1-2H. The minimum Gasteiger partial charge on any atom is -0.461 e. The first-order valence-electron chi connectivity index (χ1n) is 8.09. The van der Waals surface area contributed by atoms with Gasteiger partial charge in [0.15, 0.2) is 0 Å². The molecule has 1 aromatic carbocycles. The number of carbonyl (C=O) groups is 1. The van der Waals surface area contributed by atoms with Gasteiger partial charge in [-0.05, 0) is 53.6 Å². The molecule has 136 valence electrons. The van der Waals surface area contributed by atoms with Gasteiger partial charge in [-0.1, -0.05) is 13.8 Å². The third-order valence-corrected chi connectivity index (χ3v) is 3.82. The number of aryl methyl sites for hydroxylation is 1. The lowest BCUT2D eigenvalue weighted by molar-refractivity contribution is -0.119. The Kier molecular flexibility index (Phi) is 8.68. The Labute approximate surface area is 157 Å². The van der Waals surface area contributed by atoms with Crippen molar-refractivity contribution < 1.29 is 9.21 Å². The zero-order chi connectivity index (χ0) is 19.5. The van der Waals surface area contributed by atoms with Gasteiger partial charge in [-0.2, -0.15) is 11.3 Å². The van der Waals surface area contributed by atoms with E-state index in [4.69, 9.17) is 10.2 Å². The maximum atomic E-state index is 11.8. The van der Waals surface area contributed by atoms with Crippen LogP contribution >= 0.6 is 11.3 Å². The Morgan fingerprint density at radius 1 is 1.27 bits per heavy atom. The highest BCUT2D eigenvalue weighted by molar-refractivity contribution is 7.08. The zero-order valence-electron chi connectivity index (χ0n) is 15.2. The number of nitrogens with two attached hydrogens (primary N) is 1. The van der Waals surface area contributed by atoms with Crippen molar-refractivity contribution in [2.45, 2.75) is 27.2 Å². The second kappa shape index (κ2) is 10.7. The van der Waals surface area contributed by atoms with Gasteiger partial charge in [0.2, 0.25) is 11.9 Å². The lowest BCUT2D eigenvalue weighted by atomic mass is 10.2. The van der Waals surface area contributed by atoms with Crippen LogP contribution in [0.25, 0.3) is 11.0 Å². The van der Waals surface area contributed by atoms with Gasteiger partial charge in [0.25, 0.3) is 0 Å². The fourth-order valence-corrected chi connectivity index (χ4v) is 2.83. The van der Waals surface area contributed by atoms with E-state index < -0.39 is 0 Å². The summed E-state index contributed by atoms with van der Waals surface area (Å²) in [7, 11) is 0. The van der Waals surface area contributed by atoms with Crippen LogP contribution in [-0.2, 0) is 11.2 Å². The van der Waals surface area contributed by atoms with E-state index in [2.05, 4.69) is 23.2 Å². The number of guanidine groups is 1. The predicted molar refractivity (Wildman–Crippen MR) is 110 cm³/mol. The molecule has 5 nitrogen and oxygen atoms in total. The van der Waals surface area contributed by atoms with Gasteiger partial charge in [-0.3, -0.25) is 10.1 Å². The van der Waals surface area contributed by atoms with Gasteiger partial charge in [0, 0.05) is 5.39 Å². The fraction of sp³-hybridized carbons (Fsp3) is 0.200. The lowest BCUT2D eigenvalue weighted by Crippen LogP contribution is -2.37. The van der Waals surface area contributed by atoms with Gasteiger partial charge in [-0.25, -0.2) is 4.99 Å². The highest BCUT2D eigenvalue weighted by Gasteiger charge is 2.06. The molecule has 0 aliphatic carbocycles. The molecule has 0 fully saturated rings.